The van der Waals surface area contributed by atoms with Gasteiger partial charge in [-0.1, -0.05) is 12.1 Å². The van der Waals surface area contributed by atoms with Gasteiger partial charge in [-0.3, -0.25) is 4.79 Å². The lowest BCUT2D eigenvalue weighted by Gasteiger charge is -2.05. The molecule has 0 saturated carbocycles. The van der Waals surface area contributed by atoms with Crippen molar-refractivity contribution in [2.75, 3.05) is 6.54 Å². The maximum absolute atomic E-state index is 11.2. The highest BCUT2D eigenvalue weighted by Crippen LogP contribution is 2.18. The summed E-state index contributed by atoms with van der Waals surface area (Å²) < 4.78 is 0. The molecule has 0 bridgehead atoms. The van der Waals surface area contributed by atoms with Crippen LogP contribution in [0.4, 0.5) is 0 Å². The predicted molar refractivity (Wildman–Crippen MR) is 59.0 cm³/mol. The van der Waals surface area contributed by atoms with Crippen LogP contribution in [0.2, 0.25) is 0 Å². The maximum Gasteiger partial charge on any atom is 0.290 e. The Kier molecular flexibility index (Phi) is 2.43. The van der Waals surface area contributed by atoms with Crippen LogP contribution in [-0.4, -0.2) is 16.6 Å². The molecule has 0 amide bonds. The van der Waals surface area contributed by atoms with Crippen molar-refractivity contribution < 1.29 is 5.11 Å². The first-order valence-electron chi connectivity index (χ1n) is 4.76. The van der Waals surface area contributed by atoms with E-state index in [0.29, 0.717) is 6.54 Å². The minimum atomic E-state index is -0.465. The van der Waals surface area contributed by atoms with Gasteiger partial charge in [0.1, 0.15) is 0 Å². The Morgan fingerprint density at radius 3 is 2.93 bits per heavy atom. The second-order valence-electron chi connectivity index (χ2n) is 3.40. The van der Waals surface area contributed by atoms with Crippen LogP contribution < -0.4 is 11.3 Å². The Hall–Kier alpha value is -1.81. The van der Waals surface area contributed by atoms with Crippen molar-refractivity contribution in [3.8, 4) is 5.75 Å². The van der Waals surface area contributed by atoms with Crippen LogP contribution in [0.5, 0.6) is 5.75 Å². The topological polar surface area (TPSA) is 79.1 Å². The molecule has 0 spiro atoms. The van der Waals surface area contributed by atoms with Crippen LogP contribution >= 0.6 is 0 Å². The molecule has 1 heterocycles. The lowest BCUT2D eigenvalue weighted by Crippen LogP contribution is -2.07. The van der Waals surface area contributed by atoms with Crippen molar-refractivity contribution in [3.63, 3.8) is 0 Å². The molecule has 4 nitrogen and oxygen atoms in total. The molecule has 0 atom stereocenters. The molecule has 2 rings (SSSR count). The van der Waals surface area contributed by atoms with Crippen molar-refractivity contribution in [1.29, 1.82) is 0 Å². The van der Waals surface area contributed by atoms with Crippen LogP contribution in [0.3, 0.4) is 0 Å². The average molecular weight is 204 g/mol. The summed E-state index contributed by atoms with van der Waals surface area (Å²) in [7, 11) is 0. The first-order valence-corrected chi connectivity index (χ1v) is 4.76. The summed E-state index contributed by atoms with van der Waals surface area (Å²) >= 11 is 0. The monoisotopic (exact) mass is 204 g/mol. The highest BCUT2D eigenvalue weighted by atomic mass is 16.3. The largest absolute Gasteiger partial charge is 0.503 e. The van der Waals surface area contributed by atoms with Crippen molar-refractivity contribution in [3.05, 3.63) is 40.2 Å². The molecule has 0 radical (unpaired) electrons. The molecule has 2 aromatic rings. The summed E-state index contributed by atoms with van der Waals surface area (Å²) in [5.74, 6) is -0.257. The summed E-state index contributed by atoms with van der Waals surface area (Å²) in [6.45, 7) is 0.541. The number of fused-ring (bicyclic) bond motifs is 1. The smallest absolute Gasteiger partial charge is 0.290 e. The highest BCUT2D eigenvalue weighted by molar-refractivity contribution is 5.83. The zero-order chi connectivity index (χ0) is 10.8. The van der Waals surface area contributed by atoms with Crippen molar-refractivity contribution in [1.82, 2.24) is 4.98 Å². The molecule has 78 valence electrons. The van der Waals surface area contributed by atoms with Gasteiger partial charge in [0.2, 0.25) is 0 Å². The maximum atomic E-state index is 11.2. The minimum Gasteiger partial charge on any atom is -0.503 e. The van der Waals surface area contributed by atoms with Gasteiger partial charge in [0.15, 0.2) is 5.75 Å². The fraction of sp³-hybridized carbons (Fsp3) is 0.182. The van der Waals surface area contributed by atoms with Gasteiger partial charge in [-0.15, -0.1) is 0 Å². The number of pyridine rings is 1. The van der Waals surface area contributed by atoms with E-state index in [4.69, 9.17) is 5.73 Å². The fourth-order valence-electron chi connectivity index (χ4n) is 1.65. The van der Waals surface area contributed by atoms with Crippen LogP contribution in [0.25, 0.3) is 10.9 Å². The van der Waals surface area contributed by atoms with E-state index in [-0.39, 0.29) is 5.75 Å². The van der Waals surface area contributed by atoms with E-state index < -0.39 is 5.56 Å². The average Bonchev–Trinajstić information content (AvgIpc) is 2.21. The van der Waals surface area contributed by atoms with Gasteiger partial charge in [-0.25, -0.2) is 0 Å². The van der Waals surface area contributed by atoms with Gasteiger partial charge in [0.25, 0.3) is 5.56 Å². The van der Waals surface area contributed by atoms with Gasteiger partial charge in [-0.05, 0) is 30.7 Å². The quantitative estimate of drug-likeness (QED) is 0.674. The second-order valence-corrected chi connectivity index (χ2v) is 3.40. The highest BCUT2D eigenvalue weighted by Gasteiger charge is 2.04. The number of aromatic amines is 1. The van der Waals surface area contributed by atoms with Gasteiger partial charge >= 0.3 is 0 Å². The SMILES string of the molecule is NCCc1cccc2[nH]c(=O)c(O)cc12. The lowest BCUT2D eigenvalue weighted by atomic mass is 10.1. The first kappa shape index (κ1) is 9.73. The third-order valence-electron chi connectivity index (χ3n) is 2.37. The number of nitrogens with one attached hydrogen (secondary N) is 1. The summed E-state index contributed by atoms with van der Waals surface area (Å²) in [5, 5.41) is 10.2. The molecule has 0 aliphatic rings. The number of aromatic nitrogens is 1. The molecule has 0 aliphatic heterocycles. The number of H-pyrrole nitrogens is 1. The normalized spacial score (nSPS) is 10.7. The number of aromatic hydroxyl groups is 1. The van der Waals surface area contributed by atoms with Gasteiger partial charge < -0.3 is 15.8 Å². The summed E-state index contributed by atoms with van der Waals surface area (Å²) in [5.41, 5.74) is 6.77. The Morgan fingerprint density at radius 1 is 1.40 bits per heavy atom. The summed E-state index contributed by atoms with van der Waals surface area (Å²) in [6.07, 6.45) is 0.725. The molecular formula is C11H12N2O2. The standard InChI is InChI=1S/C11H12N2O2/c12-5-4-7-2-1-3-9-8(7)6-10(14)11(15)13-9/h1-3,6,14H,4-5,12H2,(H,13,15). The zero-order valence-corrected chi connectivity index (χ0v) is 8.16. The van der Waals surface area contributed by atoms with Crippen LogP contribution in [0.1, 0.15) is 5.56 Å². The van der Waals surface area contributed by atoms with Crippen LogP contribution in [0, 0.1) is 0 Å². The Balaban J connectivity index is 2.74. The second kappa shape index (κ2) is 3.74. The third kappa shape index (κ3) is 1.71. The molecule has 1 aromatic carbocycles. The van der Waals surface area contributed by atoms with E-state index in [2.05, 4.69) is 4.98 Å². The van der Waals surface area contributed by atoms with Crippen molar-refractivity contribution in [2.24, 2.45) is 5.73 Å². The molecular weight excluding hydrogens is 192 g/mol. The van der Waals surface area contributed by atoms with Gasteiger partial charge in [0.05, 0.1) is 0 Å². The lowest BCUT2D eigenvalue weighted by molar-refractivity contribution is 0.468. The molecule has 0 aliphatic carbocycles. The molecule has 4 heteroatoms. The van der Waals surface area contributed by atoms with E-state index in [1.807, 2.05) is 12.1 Å². The van der Waals surface area contributed by atoms with Crippen LogP contribution in [0.15, 0.2) is 29.1 Å². The number of hydrogen-bond donors (Lipinski definition) is 3. The fourth-order valence-corrected chi connectivity index (χ4v) is 1.65. The Labute approximate surface area is 86.4 Å². The minimum absolute atomic E-state index is 0.257. The molecule has 15 heavy (non-hydrogen) atoms. The molecule has 0 saturated heterocycles. The van der Waals surface area contributed by atoms with Crippen molar-refractivity contribution >= 4 is 10.9 Å². The van der Waals surface area contributed by atoms with Crippen molar-refractivity contribution in [2.45, 2.75) is 6.42 Å². The van der Waals surface area contributed by atoms with E-state index in [0.717, 1.165) is 22.9 Å². The third-order valence-corrected chi connectivity index (χ3v) is 2.37. The van der Waals surface area contributed by atoms with E-state index >= 15 is 0 Å². The summed E-state index contributed by atoms with van der Waals surface area (Å²) in [6, 6.07) is 7.09. The van der Waals surface area contributed by atoms with E-state index in [9.17, 15) is 9.90 Å². The number of rotatable bonds is 2. The zero-order valence-electron chi connectivity index (χ0n) is 8.16. The summed E-state index contributed by atoms with van der Waals surface area (Å²) in [4.78, 5) is 13.8. The molecule has 0 unspecified atom stereocenters. The van der Waals surface area contributed by atoms with Gasteiger partial charge in [0, 0.05) is 10.9 Å². The number of nitrogens with two attached hydrogens (primary N) is 1. The molecule has 0 fully saturated rings. The Bertz CT molecular complexity index is 546. The number of hydrogen-bond acceptors (Lipinski definition) is 3. The molecule has 4 N–H and O–H groups in total. The van der Waals surface area contributed by atoms with Gasteiger partial charge in [-0.2, -0.15) is 0 Å². The van der Waals surface area contributed by atoms with Crippen LogP contribution in [-0.2, 0) is 6.42 Å². The number of benzene rings is 1. The molecule has 1 aromatic heterocycles. The first-order chi connectivity index (χ1) is 7.22. The van der Waals surface area contributed by atoms with E-state index in [1.54, 1.807) is 6.07 Å². The predicted octanol–water partition coefficient (Wildman–Crippen LogP) is 0.735. The van der Waals surface area contributed by atoms with E-state index in [1.165, 1.54) is 6.07 Å². The Morgan fingerprint density at radius 2 is 2.20 bits per heavy atom.